The molecule has 1 aromatic carbocycles. The lowest BCUT2D eigenvalue weighted by atomic mass is 10.3. The smallest absolute Gasteiger partial charge is 0.422 e. The highest BCUT2D eigenvalue weighted by molar-refractivity contribution is 9.10. The monoisotopic (exact) mass is 338 g/mol. The number of halogens is 1. The molecule has 18 heavy (non-hydrogen) atoms. The SMILES string of the molecule is CCOC(=O)NS(=O)(=O)Nc1cccc(Br)c1O. The first kappa shape index (κ1) is 14.6. The van der Waals surface area contributed by atoms with Crippen LogP contribution in [0.5, 0.6) is 5.75 Å². The van der Waals surface area contributed by atoms with Gasteiger partial charge < -0.3 is 9.84 Å². The van der Waals surface area contributed by atoms with Gasteiger partial charge in [-0.15, -0.1) is 0 Å². The van der Waals surface area contributed by atoms with Crippen molar-refractivity contribution in [3.8, 4) is 5.75 Å². The average molecular weight is 339 g/mol. The van der Waals surface area contributed by atoms with Crippen molar-refractivity contribution >= 4 is 37.9 Å². The first-order valence-corrected chi connectivity index (χ1v) is 7.08. The highest BCUT2D eigenvalue weighted by Gasteiger charge is 2.17. The second-order valence-electron chi connectivity index (χ2n) is 3.06. The number of phenolic OH excluding ortho intramolecular Hbond substituents is 1. The minimum absolute atomic E-state index is 0.0451. The van der Waals surface area contributed by atoms with Gasteiger partial charge in [0, 0.05) is 0 Å². The van der Waals surface area contributed by atoms with Gasteiger partial charge in [0.05, 0.1) is 16.8 Å². The number of amides is 1. The second kappa shape index (κ2) is 5.91. The summed E-state index contributed by atoms with van der Waals surface area (Å²) in [5, 5.41) is 9.58. The first-order chi connectivity index (χ1) is 8.35. The Hall–Kier alpha value is -1.48. The Bertz CT molecular complexity index is 546. The second-order valence-corrected chi connectivity index (χ2v) is 5.33. The fraction of sp³-hybridized carbons (Fsp3) is 0.222. The van der Waals surface area contributed by atoms with Crippen LogP contribution in [0.4, 0.5) is 10.5 Å². The molecule has 0 radical (unpaired) electrons. The van der Waals surface area contributed by atoms with E-state index in [-0.39, 0.29) is 18.0 Å². The van der Waals surface area contributed by atoms with Gasteiger partial charge in [0.15, 0.2) is 5.75 Å². The number of hydrogen-bond donors (Lipinski definition) is 3. The molecule has 0 aliphatic carbocycles. The highest BCUT2D eigenvalue weighted by Crippen LogP contribution is 2.31. The van der Waals surface area contributed by atoms with Crippen LogP contribution in [0.3, 0.4) is 0 Å². The summed E-state index contributed by atoms with van der Waals surface area (Å²) in [4.78, 5) is 11.0. The van der Waals surface area contributed by atoms with Crippen LogP contribution in [0.15, 0.2) is 22.7 Å². The summed E-state index contributed by atoms with van der Waals surface area (Å²) in [6.07, 6.45) is -1.10. The summed E-state index contributed by atoms with van der Waals surface area (Å²) in [6, 6.07) is 4.39. The quantitative estimate of drug-likeness (QED) is 0.722. The lowest BCUT2D eigenvalue weighted by molar-refractivity contribution is 0.159. The third-order valence-corrected chi connectivity index (χ3v) is 3.29. The van der Waals surface area contributed by atoms with Crippen LogP contribution in [0.1, 0.15) is 6.92 Å². The lowest BCUT2D eigenvalue weighted by Gasteiger charge is -2.10. The number of nitrogens with one attached hydrogen (secondary N) is 2. The van der Waals surface area contributed by atoms with E-state index in [9.17, 15) is 18.3 Å². The maximum Gasteiger partial charge on any atom is 0.422 e. The van der Waals surface area contributed by atoms with Gasteiger partial charge in [-0.05, 0) is 35.0 Å². The maximum atomic E-state index is 11.5. The molecule has 0 saturated heterocycles. The number of aromatic hydroxyl groups is 1. The standard InChI is InChI=1S/C9H11BrN2O5S/c1-2-17-9(14)12-18(15,16)11-7-5-3-4-6(10)8(7)13/h3-5,11,13H,2H2,1H3,(H,12,14). The van der Waals surface area contributed by atoms with Crippen molar-refractivity contribution in [2.75, 3.05) is 11.3 Å². The fourth-order valence-corrected chi connectivity index (χ4v) is 2.19. The number of rotatable bonds is 4. The fourth-order valence-electron chi connectivity index (χ4n) is 1.04. The molecule has 0 atom stereocenters. The Balaban J connectivity index is 2.83. The summed E-state index contributed by atoms with van der Waals surface area (Å²) in [6.45, 7) is 1.59. The van der Waals surface area contributed by atoms with Crippen molar-refractivity contribution < 1.29 is 23.1 Å². The Labute approximate surface area is 112 Å². The number of phenols is 1. The number of benzene rings is 1. The van der Waals surface area contributed by atoms with Crippen LogP contribution in [-0.2, 0) is 14.9 Å². The number of carbonyl (C=O) groups excluding carboxylic acids is 1. The van der Waals surface area contributed by atoms with E-state index in [1.54, 1.807) is 11.6 Å². The molecule has 0 aliphatic heterocycles. The maximum absolute atomic E-state index is 11.5. The predicted molar refractivity (Wildman–Crippen MR) is 68.5 cm³/mol. The number of carbonyl (C=O) groups is 1. The molecule has 0 saturated carbocycles. The van der Waals surface area contributed by atoms with Crippen molar-refractivity contribution in [1.82, 2.24) is 4.72 Å². The molecule has 3 N–H and O–H groups in total. The van der Waals surface area contributed by atoms with Crippen LogP contribution in [0.2, 0.25) is 0 Å². The third-order valence-electron chi connectivity index (χ3n) is 1.72. The van der Waals surface area contributed by atoms with Crippen molar-refractivity contribution in [2.45, 2.75) is 6.92 Å². The van der Waals surface area contributed by atoms with Gasteiger partial charge in [0.25, 0.3) is 0 Å². The zero-order chi connectivity index (χ0) is 13.8. The minimum Gasteiger partial charge on any atom is -0.505 e. The first-order valence-electron chi connectivity index (χ1n) is 4.80. The molecule has 1 amide bonds. The lowest BCUT2D eigenvalue weighted by Crippen LogP contribution is -2.35. The summed E-state index contributed by atoms with van der Waals surface area (Å²) >= 11 is 3.03. The Morgan fingerprint density at radius 1 is 1.50 bits per heavy atom. The zero-order valence-corrected chi connectivity index (χ0v) is 11.7. The van der Waals surface area contributed by atoms with Crippen LogP contribution in [0, 0.1) is 0 Å². The molecule has 0 heterocycles. The van der Waals surface area contributed by atoms with E-state index in [0.29, 0.717) is 4.47 Å². The van der Waals surface area contributed by atoms with Gasteiger partial charge in [0.1, 0.15) is 0 Å². The summed E-state index contributed by atoms with van der Waals surface area (Å²) in [5.41, 5.74) is -0.0684. The molecule has 0 aliphatic rings. The topological polar surface area (TPSA) is 105 Å². The number of hydrogen-bond acceptors (Lipinski definition) is 5. The van der Waals surface area contributed by atoms with Gasteiger partial charge in [-0.3, -0.25) is 4.72 Å². The van der Waals surface area contributed by atoms with Crippen LogP contribution < -0.4 is 9.44 Å². The van der Waals surface area contributed by atoms with E-state index in [0.717, 1.165) is 0 Å². The molecule has 0 aromatic heterocycles. The predicted octanol–water partition coefficient (Wildman–Crippen LogP) is 1.56. The van der Waals surface area contributed by atoms with Crippen molar-refractivity contribution in [3.05, 3.63) is 22.7 Å². The molecular formula is C9H11BrN2O5S. The summed E-state index contributed by atoms with van der Waals surface area (Å²) in [5.74, 6) is -0.285. The van der Waals surface area contributed by atoms with Gasteiger partial charge in [-0.1, -0.05) is 6.07 Å². The Morgan fingerprint density at radius 2 is 2.17 bits per heavy atom. The molecule has 1 aromatic rings. The molecule has 0 fully saturated rings. The van der Waals surface area contributed by atoms with E-state index in [2.05, 4.69) is 20.7 Å². The highest BCUT2D eigenvalue weighted by atomic mass is 79.9. The van der Waals surface area contributed by atoms with Crippen LogP contribution >= 0.6 is 15.9 Å². The summed E-state index contributed by atoms with van der Waals surface area (Å²) < 4.78 is 31.4. The van der Waals surface area contributed by atoms with Crippen LogP contribution in [-0.4, -0.2) is 26.2 Å². The van der Waals surface area contributed by atoms with E-state index >= 15 is 0 Å². The summed E-state index contributed by atoms with van der Waals surface area (Å²) in [7, 11) is -4.15. The molecule has 1 rings (SSSR count). The van der Waals surface area contributed by atoms with Crippen molar-refractivity contribution in [3.63, 3.8) is 0 Å². The Morgan fingerprint density at radius 3 is 2.78 bits per heavy atom. The van der Waals surface area contributed by atoms with E-state index in [1.165, 1.54) is 18.2 Å². The average Bonchev–Trinajstić information content (AvgIpc) is 2.24. The van der Waals surface area contributed by atoms with Crippen LogP contribution in [0.25, 0.3) is 0 Å². The minimum atomic E-state index is -4.15. The molecule has 0 unspecified atom stereocenters. The van der Waals surface area contributed by atoms with Gasteiger partial charge >= 0.3 is 16.3 Å². The van der Waals surface area contributed by atoms with E-state index in [1.807, 2.05) is 4.72 Å². The third kappa shape index (κ3) is 4.08. The zero-order valence-electron chi connectivity index (χ0n) is 9.31. The number of anilines is 1. The molecule has 0 bridgehead atoms. The molecule has 100 valence electrons. The molecular weight excluding hydrogens is 328 g/mol. The molecule has 9 heteroatoms. The Kier molecular flexibility index (Phi) is 4.79. The van der Waals surface area contributed by atoms with E-state index < -0.39 is 16.3 Å². The van der Waals surface area contributed by atoms with E-state index in [4.69, 9.17) is 0 Å². The number of ether oxygens (including phenoxy) is 1. The molecule has 0 spiro atoms. The van der Waals surface area contributed by atoms with Gasteiger partial charge in [-0.2, -0.15) is 8.42 Å². The van der Waals surface area contributed by atoms with Crippen molar-refractivity contribution in [2.24, 2.45) is 0 Å². The van der Waals surface area contributed by atoms with Crippen molar-refractivity contribution in [1.29, 1.82) is 0 Å². The molecule has 7 nitrogen and oxygen atoms in total. The van der Waals surface area contributed by atoms with Gasteiger partial charge in [0.2, 0.25) is 0 Å². The van der Waals surface area contributed by atoms with Gasteiger partial charge in [-0.25, -0.2) is 9.52 Å². The number of para-hydroxylation sites is 1. The normalized spacial score (nSPS) is 10.8. The largest absolute Gasteiger partial charge is 0.505 e.